The summed E-state index contributed by atoms with van der Waals surface area (Å²) in [7, 11) is 0. The maximum absolute atomic E-state index is 12.0. The summed E-state index contributed by atoms with van der Waals surface area (Å²) in [5, 5.41) is 2.76. The summed E-state index contributed by atoms with van der Waals surface area (Å²) in [6.45, 7) is 2.15. The molecule has 5 nitrogen and oxygen atoms in total. The molecule has 2 aromatic rings. The smallest absolute Gasteiger partial charge is 0.231 e. The number of Topliss-reactive ketones (excluding diaryl/α,β-unsaturated/α-hetero) is 1. The molecule has 114 valence electrons. The summed E-state index contributed by atoms with van der Waals surface area (Å²) in [4.78, 5) is 25.7. The summed E-state index contributed by atoms with van der Waals surface area (Å²) in [6, 6.07) is 8.92. The Hall–Kier alpha value is -2.34. The zero-order chi connectivity index (χ0) is 15.5. The lowest BCUT2D eigenvalue weighted by Crippen LogP contribution is -2.13. The van der Waals surface area contributed by atoms with E-state index in [1.165, 1.54) is 11.3 Å². The van der Waals surface area contributed by atoms with Crippen LogP contribution in [0.4, 0.5) is 5.69 Å². The Kier molecular flexibility index (Phi) is 4.11. The van der Waals surface area contributed by atoms with E-state index in [0.717, 1.165) is 4.88 Å². The van der Waals surface area contributed by atoms with Crippen LogP contribution in [0.25, 0.3) is 0 Å². The van der Waals surface area contributed by atoms with Crippen LogP contribution in [0.3, 0.4) is 0 Å². The van der Waals surface area contributed by atoms with Gasteiger partial charge in [-0.15, -0.1) is 11.3 Å². The fraction of sp³-hybridized carbons (Fsp3) is 0.250. The van der Waals surface area contributed by atoms with Crippen LogP contribution in [-0.4, -0.2) is 18.5 Å². The topological polar surface area (TPSA) is 64.6 Å². The molecule has 3 rings (SSSR count). The first-order valence-corrected chi connectivity index (χ1v) is 7.72. The van der Waals surface area contributed by atoms with Gasteiger partial charge in [0.15, 0.2) is 17.3 Å². The number of nitrogens with one attached hydrogen (secondary N) is 1. The highest BCUT2D eigenvalue weighted by atomic mass is 32.1. The molecule has 1 aliphatic rings. The Labute approximate surface area is 131 Å². The van der Waals surface area contributed by atoms with Crippen LogP contribution < -0.4 is 14.8 Å². The largest absolute Gasteiger partial charge is 0.454 e. The van der Waals surface area contributed by atoms with Gasteiger partial charge in [-0.05, 0) is 31.2 Å². The van der Waals surface area contributed by atoms with Gasteiger partial charge < -0.3 is 14.8 Å². The highest BCUT2D eigenvalue weighted by Gasteiger charge is 2.15. The highest BCUT2D eigenvalue weighted by Crippen LogP contribution is 2.34. The number of hydrogen-bond acceptors (Lipinski definition) is 5. The van der Waals surface area contributed by atoms with Gasteiger partial charge in [0.25, 0.3) is 0 Å². The van der Waals surface area contributed by atoms with E-state index in [1.807, 2.05) is 13.0 Å². The standard InChI is InChI=1S/C16H15NO4S/c1-10-2-6-15(22-10)12(18)4-7-16(19)17-11-3-5-13-14(8-11)21-9-20-13/h2-3,5-6,8H,4,7,9H2,1H3,(H,17,19). The van der Waals surface area contributed by atoms with Gasteiger partial charge in [-0.25, -0.2) is 0 Å². The van der Waals surface area contributed by atoms with E-state index in [9.17, 15) is 9.59 Å². The lowest BCUT2D eigenvalue weighted by Gasteiger charge is -2.05. The number of amides is 1. The van der Waals surface area contributed by atoms with Gasteiger partial charge in [-0.3, -0.25) is 9.59 Å². The molecule has 2 heterocycles. The predicted octanol–water partition coefficient (Wildman–Crippen LogP) is 3.39. The minimum absolute atomic E-state index is 0.000985. The molecule has 0 saturated carbocycles. The van der Waals surface area contributed by atoms with Gasteiger partial charge in [-0.1, -0.05) is 0 Å². The van der Waals surface area contributed by atoms with E-state index < -0.39 is 0 Å². The summed E-state index contributed by atoms with van der Waals surface area (Å²) >= 11 is 1.45. The van der Waals surface area contributed by atoms with Crippen molar-refractivity contribution in [3.05, 3.63) is 40.1 Å². The van der Waals surface area contributed by atoms with Gasteiger partial charge in [0.2, 0.25) is 12.7 Å². The van der Waals surface area contributed by atoms with Crippen LogP contribution >= 0.6 is 11.3 Å². The van der Waals surface area contributed by atoms with Gasteiger partial charge in [0.05, 0.1) is 4.88 Å². The lowest BCUT2D eigenvalue weighted by atomic mass is 10.2. The van der Waals surface area contributed by atoms with E-state index in [4.69, 9.17) is 9.47 Å². The Bertz CT molecular complexity index is 723. The lowest BCUT2D eigenvalue weighted by molar-refractivity contribution is -0.116. The van der Waals surface area contributed by atoms with Crippen molar-refractivity contribution in [2.24, 2.45) is 0 Å². The minimum Gasteiger partial charge on any atom is -0.454 e. The molecule has 0 radical (unpaired) electrons. The van der Waals surface area contributed by atoms with Crippen molar-refractivity contribution in [3.8, 4) is 11.5 Å². The number of anilines is 1. The quantitative estimate of drug-likeness (QED) is 0.859. The molecule has 0 saturated heterocycles. The average molecular weight is 317 g/mol. The van der Waals surface area contributed by atoms with Crippen molar-refractivity contribution in [1.82, 2.24) is 0 Å². The first-order valence-electron chi connectivity index (χ1n) is 6.91. The molecule has 0 bridgehead atoms. The Morgan fingerprint density at radius 3 is 2.73 bits per heavy atom. The molecule has 0 spiro atoms. The Morgan fingerprint density at radius 1 is 1.14 bits per heavy atom. The number of hydrogen-bond donors (Lipinski definition) is 1. The molecule has 6 heteroatoms. The van der Waals surface area contributed by atoms with Crippen LogP contribution in [0.2, 0.25) is 0 Å². The molecule has 0 fully saturated rings. The number of carbonyl (C=O) groups excluding carboxylic acids is 2. The zero-order valence-corrected chi connectivity index (χ0v) is 12.9. The fourth-order valence-electron chi connectivity index (χ4n) is 2.13. The number of ether oxygens (including phenoxy) is 2. The second kappa shape index (κ2) is 6.19. The third kappa shape index (κ3) is 3.28. The van der Waals surface area contributed by atoms with Crippen molar-refractivity contribution < 1.29 is 19.1 Å². The number of benzene rings is 1. The molecule has 0 atom stereocenters. The second-order valence-corrected chi connectivity index (χ2v) is 6.24. The van der Waals surface area contributed by atoms with Gasteiger partial charge in [-0.2, -0.15) is 0 Å². The Balaban J connectivity index is 1.53. The van der Waals surface area contributed by atoms with Crippen LogP contribution in [0.1, 0.15) is 27.4 Å². The predicted molar refractivity (Wildman–Crippen MR) is 83.8 cm³/mol. The molecular weight excluding hydrogens is 302 g/mol. The molecule has 1 aliphatic heterocycles. The van der Waals surface area contributed by atoms with Crippen LogP contribution in [0.15, 0.2) is 30.3 Å². The number of ketones is 1. The van der Waals surface area contributed by atoms with E-state index in [0.29, 0.717) is 22.1 Å². The normalized spacial score (nSPS) is 12.2. The molecule has 1 aromatic carbocycles. The highest BCUT2D eigenvalue weighted by molar-refractivity contribution is 7.14. The van der Waals surface area contributed by atoms with Gasteiger partial charge in [0, 0.05) is 29.5 Å². The third-order valence-electron chi connectivity index (χ3n) is 3.25. The monoisotopic (exact) mass is 317 g/mol. The first-order chi connectivity index (χ1) is 10.6. The summed E-state index contributed by atoms with van der Waals surface area (Å²) in [6.07, 6.45) is 0.362. The average Bonchev–Trinajstić information content (AvgIpc) is 3.13. The molecule has 22 heavy (non-hydrogen) atoms. The van der Waals surface area contributed by atoms with Crippen molar-refractivity contribution in [2.75, 3.05) is 12.1 Å². The second-order valence-electron chi connectivity index (χ2n) is 4.95. The van der Waals surface area contributed by atoms with Crippen LogP contribution in [0, 0.1) is 6.92 Å². The van der Waals surface area contributed by atoms with E-state index in [1.54, 1.807) is 24.3 Å². The Morgan fingerprint density at radius 2 is 1.95 bits per heavy atom. The molecule has 1 aromatic heterocycles. The molecule has 1 amide bonds. The molecule has 0 aliphatic carbocycles. The summed E-state index contributed by atoms with van der Waals surface area (Å²) in [5.41, 5.74) is 0.633. The van der Waals surface area contributed by atoms with Crippen molar-refractivity contribution in [3.63, 3.8) is 0 Å². The number of aryl methyl sites for hydroxylation is 1. The molecule has 0 unspecified atom stereocenters. The van der Waals surface area contributed by atoms with Gasteiger partial charge in [0.1, 0.15) is 0 Å². The van der Waals surface area contributed by atoms with E-state index in [2.05, 4.69) is 5.32 Å². The SMILES string of the molecule is Cc1ccc(C(=O)CCC(=O)Nc2ccc3c(c2)OCO3)s1. The van der Waals surface area contributed by atoms with Crippen molar-refractivity contribution in [2.45, 2.75) is 19.8 Å². The molecule has 1 N–H and O–H groups in total. The summed E-state index contributed by atoms with van der Waals surface area (Å²) < 4.78 is 10.5. The fourth-order valence-corrected chi connectivity index (χ4v) is 2.97. The maximum Gasteiger partial charge on any atom is 0.231 e. The number of carbonyl (C=O) groups is 2. The van der Waals surface area contributed by atoms with Crippen molar-refractivity contribution in [1.29, 1.82) is 0 Å². The number of fused-ring (bicyclic) bond motifs is 1. The van der Waals surface area contributed by atoms with Crippen LogP contribution in [0.5, 0.6) is 11.5 Å². The van der Waals surface area contributed by atoms with Crippen LogP contribution in [-0.2, 0) is 4.79 Å². The van der Waals surface area contributed by atoms with E-state index in [-0.39, 0.29) is 31.3 Å². The first kappa shape index (κ1) is 14.6. The molecular formula is C16H15NO4S. The van der Waals surface area contributed by atoms with Gasteiger partial charge >= 0.3 is 0 Å². The zero-order valence-electron chi connectivity index (χ0n) is 12.0. The minimum atomic E-state index is -0.194. The third-order valence-corrected chi connectivity index (χ3v) is 4.29. The van der Waals surface area contributed by atoms with E-state index >= 15 is 0 Å². The number of thiophene rings is 1. The summed E-state index contributed by atoms with van der Waals surface area (Å²) in [5.74, 6) is 1.09. The van der Waals surface area contributed by atoms with Crippen molar-refractivity contribution >= 4 is 28.7 Å². The maximum atomic E-state index is 12.0. The number of rotatable bonds is 5.